The van der Waals surface area contributed by atoms with Crippen LogP contribution in [-0.2, 0) is 0 Å². The van der Waals surface area contributed by atoms with Gasteiger partial charge < -0.3 is 30.2 Å². The van der Waals surface area contributed by atoms with Gasteiger partial charge in [0.25, 0.3) is 5.56 Å². The molecule has 4 aromatic rings. The van der Waals surface area contributed by atoms with Gasteiger partial charge in [0.05, 0.1) is 22.8 Å². The molecule has 0 spiro atoms. The minimum absolute atomic E-state index is 0.207. The Labute approximate surface area is 252 Å². The number of benzene rings is 2. The lowest BCUT2D eigenvalue weighted by atomic mass is 9.92. The van der Waals surface area contributed by atoms with E-state index in [0.717, 1.165) is 61.6 Å². The van der Waals surface area contributed by atoms with Crippen LogP contribution >= 0.6 is 11.6 Å². The van der Waals surface area contributed by atoms with Crippen LogP contribution in [-0.4, -0.2) is 89.8 Å². The summed E-state index contributed by atoms with van der Waals surface area (Å²) in [7, 11) is 4.27. The van der Waals surface area contributed by atoms with Gasteiger partial charge in [0.2, 0.25) is 0 Å². The Morgan fingerprint density at radius 3 is 2.62 bits per heavy atom. The molecule has 1 saturated heterocycles. The third kappa shape index (κ3) is 6.98. The number of piperazine rings is 1. The van der Waals surface area contributed by atoms with Crippen molar-refractivity contribution in [2.24, 2.45) is 5.41 Å². The first-order valence-electron chi connectivity index (χ1n) is 14.5. The minimum atomic E-state index is -0.796. The number of anilines is 2. The van der Waals surface area contributed by atoms with E-state index in [2.05, 4.69) is 77.0 Å². The number of aliphatic hydroxyl groups excluding tert-OH is 1. The van der Waals surface area contributed by atoms with Gasteiger partial charge in [-0.05, 0) is 67.9 Å². The number of aromatic amines is 2. The maximum Gasteiger partial charge on any atom is 0.261 e. The highest BCUT2D eigenvalue weighted by Gasteiger charge is 2.26. The van der Waals surface area contributed by atoms with Crippen LogP contribution in [0.3, 0.4) is 0 Å². The first-order valence-corrected chi connectivity index (χ1v) is 14.9. The number of fused-ring (bicyclic) bond motifs is 1. The molecule has 0 radical (unpaired) electrons. The molecule has 4 N–H and O–H groups in total. The molecule has 0 aliphatic carbocycles. The molecule has 0 amide bonds. The summed E-state index contributed by atoms with van der Waals surface area (Å²) in [5, 5.41) is 14.5. The SMILES string of the molecule is Cc1cc(N2CCN(CC(C)(C)CN(C)C)CC2)cc2[nH]c(-c3c(NCC(O)c4cccc(Cl)c4)cc[nH]c3=O)nc12. The molecule has 1 aliphatic heterocycles. The van der Waals surface area contributed by atoms with Crippen LogP contribution < -0.4 is 15.8 Å². The Hall–Kier alpha value is -3.37. The fourth-order valence-corrected chi connectivity index (χ4v) is 6.35. The maximum atomic E-state index is 13.0. The molecule has 10 heteroatoms. The van der Waals surface area contributed by atoms with Crippen molar-refractivity contribution in [1.82, 2.24) is 24.8 Å². The normalized spacial score (nSPS) is 15.5. The Kier molecular flexibility index (Phi) is 8.94. The summed E-state index contributed by atoms with van der Waals surface area (Å²) in [5.41, 5.74) is 5.61. The predicted octanol–water partition coefficient (Wildman–Crippen LogP) is 4.74. The van der Waals surface area contributed by atoms with Gasteiger partial charge in [0.15, 0.2) is 0 Å². The van der Waals surface area contributed by atoms with Crippen molar-refractivity contribution in [1.29, 1.82) is 0 Å². The number of halogens is 1. The van der Waals surface area contributed by atoms with E-state index >= 15 is 0 Å². The lowest BCUT2D eigenvalue weighted by Gasteiger charge is -2.40. The van der Waals surface area contributed by atoms with Crippen LogP contribution in [0.5, 0.6) is 0 Å². The lowest BCUT2D eigenvalue weighted by molar-refractivity contribution is 0.139. The van der Waals surface area contributed by atoms with Crippen molar-refractivity contribution in [3.05, 3.63) is 75.2 Å². The quantitative estimate of drug-likeness (QED) is 0.211. The van der Waals surface area contributed by atoms with Crippen LogP contribution in [0.25, 0.3) is 22.4 Å². The Bertz CT molecular complexity index is 1590. The molecule has 0 bridgehead atoms. The molecule has 9 nitrogen and oxygen atoms in total. The Morgan fingerprint density at radius 1 is 1.14 bits per heavy atom. The highest BCUT2D eigenvalue weighted by molar-refractivity contribution is 6.30. The van der Waals surface area contributed by atoms with E-state index in [1.54, 1.807) is 30.5 Å². The van der Waals surface area contributed by atoms with E-state index in [0.29, 0.717) is 27.7 Å². The van der Waals surface area contributed by atoms with Gasteiger partial charge in [-0.3, -0.25) is 9.69 Å². The van der Waals surface area contributed by atoms with E-state index in [9.17, 15) is 9.90 Å². The van der Waals surface area contributed by atoms with E-state index in [1.807, 2.05) is 6.07 Å². The smallest absolute Gasteiger partial charge is 0.261 e. The third-order valence-corrected chi connectivity index (χ3v) is 8.05. The minimum Gasteiger partial charge on any atom is -0.387 e. The average molecular weight is 592 g/mol. The monoisotopic (exact) mass is 591 g/mol. The number of rotatable bonds is 10. The fourth-order valence-electron chi connectivity index (χ4n) is 6.15. The van der Waals surface area contributed by atoms with Gasteiger partial charge in [-0.2, -0.15) is 0 Å². The number of nitrogens with one attached hydrogen (secondary N) is 3. The average Bonchev–Trinajstić information content (AvgIpc) is 3.35. The molecule has 2 aromatic carbocycles. The van der Waals surface area contributed by atoms with Crippen molar-refractivity contribution < 1.29 is 5.11 Å². The van der Waals surface area contributed by atoms with Crippen LogP contribution in [0, 0.1) is 12.3 Å². The standard InChI is InChI=1S/C32H42ClN7O2/c1-21-15-24(40-13-11-39(12-14-40)20-32(2,3)19-38(4)5)17-26-29(21)37-30(36-26)28-25(9-10-34-31(28)42)35-18-27(41)22-7-6-8-23(33)16-22/h6-10,15-17,27,41H,11-14,18-20H2,1-5H3,(H,36,37)(H2,34,35,42). The first kappa shape index (κ1) is 30.1. The summed E-state index contributed by atoms with van der Waals surface area (Å²) in [6.07, 6.45) is 0.795. The number of imidazole rings is 1. The lowest BCUT2D eigenvalue weighted by Crippen LogP contribution is -2.50. The number of aryl methyl sites for hydroxylation is 1. The summed E-state index contributed by atoms with van der Waals surface area (Å²) < 4.78 is 0. The van der Waals surface area contributed by atoms with Gasteiger partial charge >= 0.3 is 0 Å². The van der Waals surface area contributed by atoms with Crippen LogP contribution in [0.15, 0.2) is 53.5 Å². The zero-order valence-corrected chi connectivity index (χ0v) is 25.9. The molecule has 1 fully saturated rings. The number of aliphatic hydroxyl groups is 1. The van der Waals surface area contributed by atoms with Gasteiger partial charge in [-0.25, -0.2) is 4.98 Å². The van der Waals surface area contributed by atoms with Crippen LogP contribution in [0.2, 0.25) is 5.02 Å². The number of H-pyrrole nitrogens is 2. The van der Waals surface area contributed by atoms with E-state index in [1.165, 1.54) is 0 Å². The van der Waals surface area contributed by atoms with Crippen molar-refractivity contribution in [3.63, 3.8) is 0 Å². The highest BCUT2D eigenvalue weighted by atomic mass is 35.5. The zero-order valence-electron chi connectivity index (χ0n) is 25.2. The molecule has 5 rings (SSSR count). The molecule has 224 valence electrons. The summed E-state index contributed by atoms with van der Waals surface area (Å²) in [6, 6.07) is 13.2. The largest absolute Gasteiger partial charge is 0.387 e. The van der Waals surface area contributed by atoms with E-state index in [4.69, 9.17) is 16.6 Å². The number of hydrogen-bond acceptors (Lipinski definition) is 7. The summed E-state index contributed by atoms with van der Waals surface area (Å²) >= 11 is 6.09. The Morgan fingerprint density at radius 2 is 1.90 bits per heavy atom. The van der Waals surface area contributed by atoms with Gasteiger partial charge in [0.1, 0.15) is 11.4 Å². The fraction of sp³-hybridized carbons (Fsp3) is 0.438. The summed E-state index contributed by atoms with van der Waals surface area (Å²) in [6.45, 7) is 13.1. The van der Waals surface area contributed by atoms with E-state index in [-0.39, 0.29) is 17.5 Å². The Balaban J connectivity index is 1.33. The van der Waals surface area contributed by atoms with Crippen molar-refractivity contribution >= 4 is 34.0 Å². The number of pyridine rings is 1. The van der Waals surface area contributed by atoms with Crippen LogP contribution in [0.4, 0.5) is 11.4 Å². The second-order valence-corrected chi connectivity index (χ2v) is 12.9. The number of aromatic nitrogens is 3. The second kappa shape index (κ2) is 12.5. The maximum absolute atomic E-state index is 13.0. The number of hydrogen-bond donors (Lipinski definition) is 4. The van der Waals surface area contributed by atoms with Crippen molar-refractivity contribution in [3.8, 4) is 11.4 Å². The number of nitrogens with zero attached hydrogens (tertiary/aromatic N) is 4. The second-order valence-electron chi connectivity index (χ2n) is 12.5. The molecule has 2 aromatic heterocycles. The topological polar surface area (TPSA) is 104 Å². The zero-order chi connectivity index (χ0) is 30.0. The van der Waals surface area contributed by atoms with Gasteiger partial charge in [-0.1, -0.05) is 37.6 Å². The molecular weight excluding hydrogens is 550 g/mol. The van der Waals surface area contributed by atoms with Crippen molar-refractivity contribution in [2.45, 2.75) is 26.9 Å². The van der Waals surface area contributed by atoms with E-state index < -0.39 is 6.10 Å². The molecule has 1 aliphatic rings. The molecular formula is C32H42ClN7O2. The molecule has 1 unspecified atom stereocenters. The summed E-state index contributed by atoms with van der Waals surface area (Å²) in [5.74, 6) is 0.486. The molecule has 42 heavy (non-hydrogen) atoms. The van der Waals surface area contributed by atoms with Crippen LogP contribution in [0.1, 0.15) is 31.1 Å². The van der Waals surface area contributed by atoms with Gasteiger partial charge in [0, 0.05) is 62.7 Å². The molecule has 0 saturated carbocycles. The predicted molar refractivity (Wildman–Crippen MR) is 173 cm³/mol. The highest BCUT2D eigenvalue weighted by Crippen LogP contribution is 2.30. The third-order valence-electron chi connectivity index (χ3n) is 7.81. The molecule has 3 heterocycles. The summed E-state index contributed by atoms with van der Waals surface area (Å²) in [4.78, 5) is 31.3. The first-order chi connectivity index (χ1) is 20.0. The van der Waals surface area contributed by atoms with Crippen molar-refractivity contribution in [2.75, 3.05) is 70.1 Å². The molecule has 1 atom stereocenters. The van der Waals surface area contributed by atoms with Gasteiger partial charge in [-0.15, -0.1) is 0 Å².